The Morgan fingerprint density at radius 3 is 2.67 bits per heavy atom. The Morgan fingerprint density at radius 1 is 1.29 bits per heavy atom. The molecular weight excluding hydrogens is 305 g/mol. The molecule has 1 aromatic carbocycles. The van der Waals surface area contributed by atoms with Crippen LogP contribution in [0.4, 0.5) is 4.39 Å². The third-order valence-electron chi connectivity index (χ3n) is 4.86. The van der Waals surface area contributed by atoms with Crippen molar-refractivity contribution in [2.24, 2.45) is 5.92 Å². The standard InChI is InChI=1S/C19H24FN3O/c1-12-11-21-9-8-18(12)22-19(24)17-10-13(2)23(14(17)3)16-6-4-15(20)5-7-16/h4-7,10,12,18,21H,8-9,11H2,1-3H3,(H,22,24). The van der Waals surface area contributed by atoms with Gasteiger partial charge in [-0.2, -0.15) is 0 Å². The van der Waals surface area contributed by atoms with Gasteiger partial charge in [-0.05, 0) is 69.6 Å². The van der Waals surface area contributed by atoms with Crippen LogP contribution in [-0.2, 0) is 0 Å². The summed E-state index contributed by atoms with van der Waals surface area (Å²) < 4.78 is 15.1. The Hall–Kier alpha value is -2.14. The van der Waals surface area contributed by atoms with E-state index >= 15 is 0 Å². The summed E-state index contributed by atoms with van der Waals surface area (Å²) in [5.74, 6) is 0.123. The minimum Gasteiger partial charge on any atom is -0.349 e. The number of benzene rings is 1. The van der Waals surface area contributed by atoms with Crippen molar-refractivity contribution in [2.75, 3.05) is 13.1 Å². The first-order valence-corrected chi connectivity index (χ1v) is 8.44. The molecule has 1 saturated heterocycles. The Labute approximate surface area is 142 Å². The maximum atomic E-state index is 13.2. The minimum absolute atomic E-state index is 0.0322. The third-order valence-corrected chi connectivity index (χ3v) is 4.86. The lowest BCUT2D eigenvalue weighted by Gasteiger charge is -2.30. The van der Waals surface area contributed by atoms with E-state index < -0.39 is 0 Å². The van der Waals surface area contributed by atoms with Gasteiger partial charge < -0.3 is 15.2 Å². The molecular formula is C19H24FN3O. The number of hydrogen-bond donors (Lipinski definition) is 2. The second-order valence-electron chi connectivity index (χ2n) is 6.65. The molecule has 0 spiro atoms. The molecule has 1 aliphatic heterocycles. The molecule has 1 fully saturated rings. The highest BCUT2D eigenvalue weighted by Gasteiger charge is 2.25. The Balaban J connectivity index is 1.85. The summed E-state index contributed by atoms with van der Waals surface area (Å²) in [5, 5.41) is 6.52. The largest absolute Gasteiger partial charge is 0.349 e. The van der Waals surface area contributed by atoms with Crippen LogP contribution in [0.2, 0.25) is 0 Å². The monoisotopic (exact) mass is 329 g/mol. The zero-order valence-corrected chi connectivity index (χ0v) is 14.4. The number of piperidine rings is 1. The van der Waals surface area contributed by atoms with Crippen LogP contribution in [0.15, 0.2) is 30.3 Å². The predicted molar refractivity (Wildman–Crippen MR) is 93.1 cm³/mol. The van der Waals surface area contributed by atoms with Gasteiger partial charge in [0.1, 0.15) is 5.82 Å². The third kappa shape index (κ3) is 3.22. The van der Waals surface area contributed by atoms with E-state index in [9.17, 15) is 9.18 Å². The molecule has 2 aromatic rings. The number of rotatable bonds is 3. The number of aryl methyl sites for hydroxylation is 1. The predicted octanol–water partition coefficient (Wildman–Crippen LogP) is 2.96. The first-order valence-electron chi connectivity index (χ1n) is 8.44. The van der Waals surface area contributed by atoms with Crippen molar-refractivity contribution in [3.05, 3.63) is 53.1 Å². The van der Waals surface area contributed by atoms with E-state index in [2.05, 4.69) is 17.6 Å². The first-order chi connectivity index (χ1) is 11.5. The number of hydrogen-bond acceptors (Lipinski definition) is 2. The van der Waals surface area contributed by atoms with E-state index in [0.29, 0.717) is 11.5 Å². The Morgan fingerprint density at radius 2 is 2.00 bits per heavy atom. The highest BCUT2D eigenvalue weighted by Crippen LogP contribution is 2.22. The van der Waals surface area contributed by atoms with Crippen LogP contribution in [-0.4, -0.2) is 29.6 Å². The smallest absolute Gasteiger partial charge is 0.253 e. The molecule has 128 valence electrons. The van der Waals surface area contributed by atoms with E-state index in [-0.39, 0.29) is 17.8 Å². The summed E-state index contributed by atoms with van der Waals surface area (Å²) >= 11 is 0. The number of nitrogens with zero attached hydrogens (tertiary/aromatic N) is 1. The van der Waals surface area contributed by atoms with Crippen molar-refractivity contribution in [1.29, 1.82) is 0 Å². The van der Waals surface area contributed by atoms with Crippen molar-refractivity contribution in [3.63, 3.8) is 0 Å². The van der Waals surface area contributed by atoms with Crippen molar-refractivity contribution in [3.8, 4) is 5.69 Å². The van der Waals surface area contributed by atoms with Gasteiger partial charge in [0.05, 0.1) is 5.56 Å². The van der Waals surface area contributed by atoms with Gasteiger partial charge in [-0.3, -0.25) is 4.79 Å². The maximum Gasteiger partial charge on any atom is 0.253 e. The molecule has 3 rings (SSSR count). The number of halogens is 1. The normalized spacial score (nSPS) is 20.8. The fourth-order valence-corrected chi connectivity index (χ4v) is 3.45. The molecule has 24 heavy (non-hydrogen) atoms. The summed E-state index contributed by atoms with van der Waals surface area (Å²) in [5.41, 5.74) is 3.38. The molecule has 2 heterocycles. The Kier molecular flexibility index (Phi) is 4.71. The van der Waals surface area contributed by atoms with Gasteiger partial charge in [-0.25, -0.2) is 4.39 Å². The van der Waals surface area contributed by atoms with E-state index in [4.69, 9.17) is 0 Å². The van der Waals surface area contributed by atoms with E-state index in [1.165, 1.54) is 12.1 Å². The van der Waals surface area contributed by atoms with Gasteiger partial charge in [0.15, 0.2) is 0 Å². The van der Waals surface area contributed by atoms with Gasteiger partial charge in [0.25, 0.3) is 5.91 Å². The molecule has 4 nitrogen and oxygen atoms in total. The molecule has 2 unspecified atom stereocenters. The lowest BCUT2D eigenvalue weighted by atomic mass is 9.95. The molecule has 2 atom stereocenters. The van der Waals surface area contributed by atoms with E-state index in [1.54, 1.807) is 12.1 Å². The molecule has 0 aliphatic carbocycles. The minimum atomic E-state index is -0.265. The van der Waals surface area contributed by atoms with E-state index in [1.807, 2.05) is 24.5 Å². The van der Waals surface area contributed by atoms with Crippen molar-refractivity contribution < 1.29 is 9.18 Å². The first kappa shape index (κ1) is 16.7. The van der Waals surface area contributed by atoms with Gasteiger partial charge in [-0.15, -0.1) is 0 Å². The summed E-state index contributed by atoms with van der Waals surface area (Å²) in [6.07, 6.45) is 0.948. The lowest BCUT2D eigenvalue weighted by molar-refractivity contribution is 0.0913. The number of aromatic nitrogens is 1. The molecule has 1 aliphatic rings. The molecule has 5 heteroatoms. The highest BCUT2D eigenvalue weighted by molar-refractivity contribution is 5.96. The van der Waals surface area contributed by atoms with Crippen molar-refractivity contribution >= 4 is 5.91 Å². The van der Waals surface area contributed by atoms with Crippen LogP contribution in [0.1, 0.15) is 35.1 Å². The lowest BCUT2D eigenvalue weighted by Crippen LogP contribution is -2.48. The number of carbonyl (C=O) groups excluding carboxylic acids is 1. The number of amides is 1. The number of nitrogens with one attached hydrogen (secondary N) is 2. The van der Waals surface area contributed by atoms with Gasteiger partial charge >= 0.3 is 0 Å². The fourth-order valence-electron chi connectivity index (χ4n) is 3.45. The molecule has 1 amide bonds. The summed E-state index contributed by atoms with van der Waals surface area (Å²) in [6, 6.07) is 8.43. The van der Waals surface area contributed by atoms with Crippen LogP contribution < -0.4 is 10.6 Å². The average molecular weight is 329 g/mol. The van der Waals surface area contributed by atoms with Crippen LogP contribution in [0.5, 0.6) is 0 Å². The highest BCUT2D eigenvalue weighted by atomic mass is 19.1. The van der Waals surface area contributed by atoms with Crippen molar-refractivity contribution in [1.82, 2.24) is 15.2 Å². The SMILES string of the molecule is Cc1cc(C(=O)NC2CCNCC2C)c(C)n1-c1ccc(F)cc1. The molecule has 0 radical (unpaired) electrons. The maximum absolute atomic E-state index is 13.2. The topological polar surface area (TPSA) is 46.1 Å². The fraction of sp³-hybridized carbons (Fsp3) is 0.421. The molecule has 0 saturated carbocycles. The zero-order valence-electron chi connectivity index (χ0n) is 14.4. The average Bonchev–Trinajstić information content (AvgIpc) is 2.85. The van der Waals surface area contributed by atoms with Gasteiger partial charge in [0.2, 0.25) is 0 Å². The van der Waals surface area contributed by atoms with Crippen LogP contribution in [0.3, 0.4) is 0 Å². The summed E-state index contributed by atoms with van der Waals surface area (Å²) in [4.78, 5) is 12.7. The number of carbonyl (C=O) groups is 1. The molecule has 2 N–H and O–H groups in total. The van der Waals surface area contributed by atoms with Gasteiger partial charge in [-0.1, -0.05) is 6.92 Å². The van der Waals surface area contributed by atoms with Crippen LogP contribution in [0.25, 0.3) is 5.69 Å². The summed E-state index contributed by atoms with van der Waals surface area (Å²) in [6.45, 7) is 7.90. The zero-order chi connectivity index (χ0) is 17.3. The quantitative estimate of drug-likeness (QED) is 0.909. The molecule has 1 aromatic heterocycles. The van der Waals surface area contributed by atoms with Crippen LogP contribution in [0, 0.1) is 25.6 Å². The van der Waals surface area contributed by atoms with Crippen LogP contribution >= 0.6 is 0 Å². The Bertz CT molecular complexity index is 736. The summed E-state index contributed by atoms with van der Waals surface area (Å²) in [7, 11) is 0. The second kappa shape index (κ2) is 6.77. The van der Waals surface area contributed by atoms with Gasteiger partial charge in [0, 0.05) is 23.1 Å². The molecule has 0 bridgehead atoms. The second-order valence-corrected chi connectivity index (χ2v) is 6.65. The van der Waals surface area contributed by atoms with Crippen molar-refractivity contribution in [2.45, 2.75) is 33.2 Å². The van der Waals surface area contributed by atoms with E-state index in [0.717, 1.165) is 36.6 Å².